The van der Waals surface area contributed by atoms with E-state index in [4.69, 9.17) is 11.6 Å². The van der Waals surface area contributed by atoms with Crippen molar-refractivity contribution in [2.45, 2.75) is 26.2 Å². The lowest BCUT2D eigenvalue weighted by Gasteiger charge is -2.23. The topological polar surface area (TPSA) is 53.2 Å². The first kappa shape index (κ1) is 15.1. The Labute approximate surface area is 125 Å². The van der Waals surface area contributed by atoms with Gasteiger partial charge in [-0.2, -0.15) is 0 Å². The SMILES string of the molecule is CCC(=O)Nc1ccc(Cl)c(NCC2CCCNC2)c1. The van der Waals surface area contributed by atoms with Gasteiger partial charge in [0.05, 0.1) is 10.7 Å². The van der Waals surface area contributed by atoms with Crippen LogP contribution in [-0.4, -0.2) is 25.5 Å². The van der Waals surface area contributed by atoms with Crippen molar-refractivity contribution in [3.05, 3.63) is 23.2 Å². The van der Waals surface area contributed by atoms with Crippen molar-refractivity contribution in [1.29, 1.82) is 0 Å². The molecule has 0 saturated carbocycles. The summed E-state index contributed by atoms with van der Waals surface area (Å²) in [6, 6.07) is 5.53. The number of halogens is 1. The minimum Gasteiger partial charge on any atom is -0.383 e. The van der Waals surface area contributed by atoms with Crippen molar-refractivity contribution in [2.75, 3.05) is 30.3 Å². The summed E-state index contributed by atoms with van der Waals surface area (Å²) in [4.78, 5) is 11.4. The summed E-state index contributed by atoms with van der Waals surface area (Å²) in [7, 11) is 0. The highest BCUT2D eigenvalue weighted by atomic mass is 35.5. The molecule has 1 aliphatic heterocycles. The van der Waals surface area contributed by atoms with Gasteiger partial charge in [0, 0.05) is 18.7 Å². The Morgan fingerprint density at radius 3 is 3.05 bits per heavy atom. The standard InChI is InChI=1S/C15H22ClN3O/c1-2-15(20)19-12-5-6-13(16)14(8-12)18-10-11-4-3-7-17-9-11/h5-6,8,11,17-18H,2-4,7,9-10H2,1H3,(H,19,20). The second-order valence-corrected chi connectivity index (χ2v) is 5.60. The van der Waals surface area contributed by atoms with Gasteiger partial charge < -0.3 is 16.0 Å². The Balaban J connectivity index is 1.95. The number of anilines is 2. The minimum absolute atomic E-state index is 0.00903. The molecule has 0 bridgehead atoms. The number of hydrogen-bond acceptors (Lipinski definition) is 3. The highest BCUT2D eigenvalue weighted by Gasteiger charge is 2.13. The summed E-state index contributed by atoms with van der Waals surface area (Å²) in [6.07, 6.45) is 2.94. The number of carbonyl (C=O) groups excluding carboxylic acids is 1. The quantitative estimate of drug-likeness (QED) is 0.782. The van der Waals surface area contributed by atoms with E-state index in [2.05, 4.69) is 16.0 Å². The minimum atomic E-state index is 0.00903. The lowest BCUT2D eigenvalue weighted by molar-refractivity contribution is -0.115. The third-order valence-corrected chi connectivity index (χ3v) is 3.88. The predicted octanol–water partition coefficient (Wildman–Crippen LogP) is 3.10. The average molecular weight is 296 g/mol. The molecule has 0 aromatic heterocycles. The van der Waals surface area contributed by atoms with Crippen LogP contribution in [0.5, 0.6) is 0 Å². The number of nitrogens with one attached hydrogen (secondary N) is 3. The lowest BCUT2D eigenvalue weighted by atomic mass is 10.00. The van der Waals surface area contributed by atoms with Crippen LogP contribution in [0.25, 0.3) is 0 Å². The molecule has 20 heavy (non-hydrogen) atoms. The van der Waals surface area contributed by atoms with E-state index in [-0.39, 0.29) is 5.91 Å². The summed E-state index contributed by atoms with van der Waals surface area (Å²) in [6.45, 7) is 4.91. The van der Waals surface area contributed by atoms with Crippen molar-refractivity contribution >= 4 is 28.9 Å². The van der Waals surface area contributed by atoms with Crippen molar-refractivity contribution in [3.63, 3.8) is 0 Å². The molecule has 1 atom stereocenters. The molecule has 0 radical (unpaired) electrons. The highest BCUT2D eigenvalue weighted by Crippen LogP contribution is 2.26. The molecule has 5 heteroatoms. The molecule has 1 saturated heterocycles. The number of piperidine rings is 1. The van der Waals surface area contributed by atoms with E-state index in [9.17, 15) is 4.79 Å². The van der Waals surface area contributed by atoms with Crippen LogP contribution >= 0.6 is 11.6 Å². The van der Waals surface area contributed by atoms with Gasteiger partial charge in [-0.05, 0) is 50.0 Å². The van der Waals surface area contributed by atoms with E-state index in [0.717, 1.165) is 31.0 Å². The molecule has 1 aromatic carbocycles. The lowest BCUT2D eigenvalue weighted by Crippen LogP contribution is -2.33. The zero-order chi connectivity index (χ0) is 14.4. The molecule has 4 nitrogen and oxygen atoms in total. The second-order valence-electron chi connectivity index (χ2n) is 5.19. The second kappa shape index (κ2) is 7.50. The van der Waals surface area contributed by atoms with Gasteiger partial charge in [-0.25, -0.2) is 0 Å². The number of rotatable bonds is 5. The van der Waals surface area contributed by atoms with Crippen LogP contribution in [0.4, 0.5) is 11.4 Å². The molecule has 2 rings (SSSR count). The summed E-state index contributed by atoms with van der Waals surface area (Å²) in [5.41, 5.74) is 1.66. The number of benzene rings is 1. The zero-order valence-electron chi connectivity index (χ0n) is 11.8. The monoisotopic (exact) mass is 295 g/mol. The van der Waals surface area contributed by atoms with Crippen molar-refractivity contribution in [2.24, 2.45) is 5.92 Å². The molecule has 0 spiro atoms. The fraction of sp³-hybridized carbons (Fsp3) is 0.533. The molecule has 110 valence electrons. The van der Waals surface area contributed by atoms with Gasteiger partial charge in [0.2, 0.25) is 5.91 Å². The van der Waals surface area contributed by atoms with Crippen molar-refractivity contribution in [1.82, 2.24) is 5.32 Å². The normalized spacial score (nSPS) is 18.6. The van der Waals surface area contributed by atoms with Crippen LogP contribution in [-0.2, 0) is 4.79 Å². The average Bonchev–Trinajstić information content (AvgIpc) is 2.48. The Morgan fingerprint density at radius 2 is 2.35 bits per heavy atom. The largest absolute Gasteiger partial charge is 0.383 e. The number of carbonyl (C=O) groups is 1. The summed E-state index contributed by atoms with van der Waals surface area (Å²) < 4.78 is 0. The smallest absolute Gasteiger partial charge is 0.224 e. The first-order valence-electron chi connectivity index (χ1n) is 7.23. The van der Waals surface area contributed by atoms with Crippen LogP contribution in [0, 0.1) is 5.92 Å². The van der Waals surface area contributed by atoms with Gasteiger partial charge in [0.25, 0.3) is 0 Å². The predicted molar refractivity (Wildman–Crippen MR) is 84.5 cm³/mol. The Bertz CT molecular complexity index is 458. The van der Waals surface area contributed by atoms with Gasteiger partial charge in [0.1, 0.15) is 0 Å². The summed E-state index contributed by atoms with van der Waals surface area (Å²) >= 11 is 6.19. The molecular weight excluding hydrogens is 274 g/mol. The van der Waals surface area contributed by atoms with Crippen molar-refractivity contribution in [3.8, 4) is 0 Å². The van der Waals surface area contributed by atoms with Gasteiger partial charge in [0.15, 0.2) is 0 Å². The molecule has 1 unspecified atom stereocenters. The van der Waals surface area contributed by atoms with Crippen molar-refractivity contribution < 1.29 is 4.79 Å². The van der Waals surface area contributed by atoms with E-state index in [0.29, 0.717) is 17.4 Å². The zero-order valence-corrected chi connectivity index (χ0v) is 12.6. The van der Waals surface area contributed by atoms with Gasteiger partial charge in [-0.1, -0.05) is 18.5 Å². The maximum atomic E-state index is 11.4. The van der Waals surface area contributed by atoms with Gasteiger partial charge >= 0.3 is 0 Å². The highest BCUT2D eigenvalue weighted by molar-refractivity contribution is 6.33. The third-order valence-electron chi connectivity index (χ3n) is 3.55. The van der Waals surface area contributed by atoms with E-state index in [1.165, 1.54) is 12.8 Å². The Hall–Kier alpha value is -1.26. The van der Waals surface area contributed by atoms with E-state index in [1.807, 2.05) is 25.1 Å². The van der Waals surface area contributed by atoms with E-state index in [1.54, 1.807) is 0 Å². The molecule has 1 heterocycles. The molecule has 1 amide bonds. The van der Waals surface area contributed by atoms with E-state index < -0.39 is 0 Å². The number of hydrogen-bond donors (Lipinski definition) is 3. The molecule has 1 aliphatic rings. The third kappa shape index (κ3) is 4.39. The molecule has 0 aliphatic carbocycles. The molecule has 3 N–H and O–H groups in total. The Kier molecular flexibility index (Phi) is 5.68. The fourth-order valence-corrected chi connectivity index (χ4v) is 2.52. The van der Waals surface area contributed by atoms with Crippen LogP contribution in [0.1, 0.15) is 26.2 Å². The summed E-state index contributed by atoms with van der Waals surface area (Å²) in [5.74, 6) is 0.642. The first-order chi connectivity index (χ1) is 9.69. The first-order valence-corrected chi connectivity index (χ1v) is 7.61. The summed E-state index contributed by atoms with van der Waals surface area (Å²) in [5, 5.41) is 10.3. The van der Waals surface area contributed by atoms with Crippen LogP contribution in [0.2, 0.25) is 5.02 Å². The van der Waals surface area contributed by atoms with Gasteiger partial charge in [-0.15, -0.1) is 0 Å². The fourth-order valence-electron chi connectivity index (χ4n) is 2.34. The number of amides is 1. The molecule has 1 fully saturated rings. The maximum Gasteiger partial charge on any atom is 0.224 e. The van der Waals surface area contributed by atoms with Crippen LogP contribution in [0.15, 0.2) is 18.2 Å². The van der Waals surface area contributed by atoms with Gasteiger partial charge in [-0.3, -0.25) is 4.79 Å². The van der Waals surface area contributed by atoms with Crippen LogP contribution < -0.4 is 16.0 Å². The molecular formula is C15H22ClN3O. The maximum absolute atomic E-state index is 11.4. The van der Waals surface area contributed by atoms with Crippen LogP contribution in [0.3, 0.4) is 0 Å². The van der Waals surface area contributed by atoms with E-state index >= 15 is 0 Å². The Morgan fingerprint density at radius 1 is 1.50 bits per heavy atom. The molecule has 1 aromatic rings.